The molecule has 1 fully saturated rings. The fraction of sp³-hybridized carbons (Fsp3) is 0.216. The van der Waals surface area contributed by atoms with E-state index in [2.05, 4.69) is 64.4 Å². The molecular formula is C51H46N4O4. The Morgan fingerprint density at radius 1 is 0.678 bits per heavy atom. The number of hydrogen-bond acceptors (Lipinski definition) is 8. The average Bonchev–Trinajstić information content (AvgIpc) is 3.29. The van der Waals surface area contributed by atoms with E-state index in [0.29, 0.717) is 11.1 Å². The molecule has 0 saturated carbocycles. The molecule has 1 saturated heterocycles. The van der Waals surface area contributed by atoms with E-state index in [1.54, 1.807) is 0 Å². The molecule has 1 unspecified atom stereocenters. The first-order valence-electron chi connectivity index (χ1n) is 20.5. The largest absolute Gasteiger partial charge is 0.457 e. The molecule has 0 amide bonds. The van der Waals surface area contributed by atoms with Crippen molar-refractivity contribution in [1.82, 2.24) is 9.97 Å². The number of anilines is 2. The summed E-state index contributed by atoms with van der Waals surface area (Å²) in [6.45, 7) is 6.39. The highest BCUT2D eigenvalue weighted by atomic mass is 16.5. The smallest absolute Gasteiger partial charge is 0.338 e. The molecule has 6 aromatic carbocycles. The van der Waals surface area contributed by atoms with Gasteiger partial charge in [0.15, 0.2) is 0 Å². The number of pyridine rings is 2. The van der Waals surface area contributed by atoms with Crippen LogP contribution in [0.1, 0.15) is 76.4 Å². The lowest BCUT2D eigenvalue weighted by Gasteiger charge is -2.35. The van der Waals surface area contributed by atoms with Gasteiger partial charge in [-0.15, -0.1) is 0 Å². The maximum Gasteiger partial charge on any atom is 0.338 e. The standard InChI is InChI=1S/C51H46N4O4/c1-3-33(2)54-47-27-39-25-40(51(57)59-32-35-12-8-5-9-13-35)26-44(49(39)46-30-53-20-16-42(46)47)36-18-22-55(23-19-36)48-28-38-24-37(50(56)58-31-34-10-6-4-7-11-34)14-15-41(38)45-29-52-21-17-43(45)48/h4-17,20-21,24-30,33,36,54H,3,18-19,22-23,31-32H2,1-2H3. The molecule has 8 nitrogen and oxygen atoms in total. The number of aromatic nitrogens is 2. The van der Waals surface area contributed by atoms with Gasteiger partial charge in [-0.1, -0.05) is 73.7 Å². The molecule has 8 aromatic rings. The summed E-state index contributed by atoms with van der Waals surface area (Å²) in [5.41, 5.74) is 6.25. The van der Waals surface area contributed by atoms with E-state index in [1.165, 1.54) is 0 Å². The van der Waals surface area contributed by atoms with Crippen LogP contribution in [0.3, 0.4) is 0 Å². The van der Waals surface area contributed by atoms with Crippen LogP contribution in [0.25, 0.3) is 43.1 Å². The quantitative estimate of drug-likeness (QED) is 0.102. The van der Waals surface area contributed by atoms with Crippen LogP contribution in [0.4, 0.5) is 11.4 Å². The van der Waals surface area contributed by atoms with Crippen molar-refractivity contribution in [1.29, 1.82) is 0 Å². The van der Waals surface area contributed by atoms with E-state index in [1.807, 2.05) is 110 Å². The Labute approximate surface area is 343 Å². The van der Waals surface area contributed by atoms with Gasteiger partial charge in [0.1, 0.15) is 13.2 Å². The minimum atomic E-state index is -0.353. The third-order valence-corrected chi connectivity index (χ3v) is 11.8. The molecule has 9 rings (SSSR count). The van der Waals surface area contributed by atoms with E-state index < -0.39 is 0 Å². The molecule has 59 heavy (non-hydrogen) atoms. The highest BCUT2D eigenvalue weighted by molar-refractivity contribution is 6.16. The van der Waals surface area contributed by atoms with E-state index in [0.717, 1.165) is 104 Å². The molecule has 1 atom stereocenters. The zero-order chi connectivity index (χ0) is 40.3. The summed E-state index contributed by atoms with van der Waals surface area (Å²) in [5, 5.41) is 12.2. The van der Waals surface area contributed by atoms with Crippen molar-refractivity contribution in [3.8, 4) is 0 Å². The van der Waals surface area contributed by atoms with Crippen molar-refractivity contribution in [2.75, 3.05) is 23.3 Å². The van der Waals surface area contributed by atoms with Crippen LogP contribution in [0.2, 0.25) is 0 Å². The molecule has 8 heteroatoms. The summed E-state index contributed by atoms with van der Waals surface area (Å²) in [6, 6.07) is 38.2. The Morgan fingerprint density at radius 2 is 1.31 bits per heavy atom. The SMILES string of the molecule is CCC(C)Nc1cc2cc(C(=O)OCc3ccccc3)cc(C3CCN(c4cc5cc(C(=O)OCc6ccccc6)ccc5c5cnccc45)CC3)c2c2cnccc12. The minimum Gasteiger partial charge on any atom is -0.457 e. The Hall–Kier alpha value is -6.80. The number of nitrogens with zero attached hydrogens (tertiary/aromatic N) is 3. The van der Waals surface area contributed by atoms with Gasteiger partial charge in [0.25, 0.3) is 0 Å². The summed E-state index contributed by atoms with van der Waals surface area (Å²) in [6.07, 6.45) is 10.3. The molecule has 2 aromatic heterocycles. The first-order valence-corrected chi connectivity index (χ1v) is 20.5. The van der Waals surface area contributed by atoms with Gasteiger partial charge >= 0.3 is 11.9 Å². The molecule has 0 radical (unpaired) electrons. The molecule has 3 heterocycles. The maximum absolute atomic E-state index is 13.8. The van der Waals surface area contributed by atoms with E-state index in [9.17, 15) is 9.59 Å². The summed E-state index contributed by atoms with van der Waals surface area (Å²) in [5.74, 6) is -0.503. The van der Waals surface area contributed by atoms with E-state index in [-0.39, 0.29) is 37.1 Å². The van der Waals surface area contributed by atoms with Crippen molar-refractivity contribution >= 4 is 66.4 Å². The Morgan fingerprint density at radius 3 is 1.98 bits per heavy atom. The van der Waals surface area contributed by atoms with Gasteiger partial charge in [-0.3, -0.25) is 9.97 Å². The zero-order valence-electron chi connectivity index (χ0n) is 33.4. The Kier molecular flexibility index (Phi) is 10.6. The van der Waals surface area contributed by atoms with Crippen LogP contribution < -0.4 is 10.2 Å². The number of piperidine rings is 1. The number of esters is 2. The third kappa shape index (κ3) is 7.78. The monoisotopic (exact) mass is 778 g/mol. The first kappa shape index (κ1) is 37.8. The summed E-state index contributed by atoms with van der Waals surface area (Å²) in [7, 11) is 0. The van der Waals surface area contributed by atoms with Gasteiger partial charge in [-0.2, -0.15) is 0 Å². The number of fused-ring (bicyclic) bond motifs is 6. The summed E-state index contributed by atoms with van der Waals surface area (Å²) < 4.78 is 11.6. The lowest BCUT2D eigenvalue weighted by atomic mass is 9.83. The van der Waals surface area contributed by atoms with Gasteiger partial charge in [0, 0.05) is 76.8 Å². The molecule has 294 valence electrons. The van der Waals surface area contributed by atoms with Crippen LogP contribution >= 0.6 is 0 Å². The Bertz CT molecular complexity index is 2820. The molecule has 0 spiro atoms. The normalized spacial score (nSPS) is 13.8. The second-order valence-corrected chi connectivity index (χ2v) is 15.6. The average molecular weight is 779 g/mol. The first-order chi connectivity index (χ1) is 28.9. The highest BCUT2D eigenvalue weighted by Gasteiger charge is 2.27. The predicted octanol–water partition coefficient (Wildman–Crippen LogP) is 11.4. The van der Waals surface area contributed by atoms with Gasteiger partial charge in [0.2, 0.25) is 0 Å². The number of carbonyl (C=O) groups is 2. The van der Waals surface area contributed by atoms with E-state index in [4.69, 9.17) is 9.47 Å². The second-order valence-electron chi connectivity index (χ2n) is 15.6. The lowest BCUT2D eigenvalue weighted by Crippen LogP contribution is -2.33. The van der Waals surface area contributed by atoms with Crippen molar-refractivity contribution in [3.05, 3.63) is 168 Å². The molecule has 0 aliphatic carbocycles. The predicted molar refractivity (Wildman–Crippen MR) is 237 cm³/mol. The topological polar surface area (TPSA) is 93.7 Å². The molecule has 1 aliphatic heterocycles. The van der Waals surface area contributed by atoms with Gasteiger partial charge in [0.05, 0.1) is 11.1 Å². The maximum atomic E-state index is 13.8. The van der Waals surface area contributed by atoms with Crippen LogP contribution in [0, 0.1) is 0 Å². The van der Waals surface area contributed by atoms with Crippen LogP contribution in [0.5, 0.6) is 0 Å². The van der Waals surface area contributed by atoms with Gasteiger partial charge in [-0.25, -0.2) is 9.59 Å². The fourth-order valence-corrected chi connectivity index (χ4v) is 8.52. The molecular weight excluding hydrogens is 733 g/mol. The number of benzene rings is 6. The van der Waals surface area contributed by atoms with Crippen LogP contribution in [-0.4, -0.2) is 41.0 Å². The van der Waals surface area contributed by atoms with Crippen molar-refractivity contribution in [2.24, 2.45) is 0 Å². The fourth-order valence-electron chi connectivity index (χ4n) is 8.52. The number of rotatable bonds is 11. The Balaban J connectivity index is 1.05. The highest BCUT2D eigenvalue weighted by Crippen LogP contribution is 2.42. The summed E-state index contributed by atoms with van der Waals surface area (Å²) >= 11 is 0. The van der Waals surface area contributed by atoms with Crippen molar-refractivity contribution in [3.63, 3.8) is 0 Å². The summed E-state index contributed by atoms with van der Waals surface area (Å²) in [4.78, 5) is 38.6. The minimum absolute atomic E-state index is 0.187. The molecule has 1 N–H and O–H groups in total. The van der Waals surface area contributed by atoms with Crippen molar-refractivity contribution in [2.45, 2.75) is 58.3 Å². The van der Waals surface area contributed by atoms with E-state index >= 15 is 0 Å². The second kappa shape index (κ2) is 16.6. The zero-order valence-corrected chi connectivity index (χ0v) is 33.4. The van der Waals surface area contributed by atoms with Gasteiger partial charge < -0.3 is 19.7 Å². The van der Waals surface area contributed by atoms with Crippen LogP contribution in [0.15, 0.2) is 140 Å². The number of carbonyl (C=O) groups excluding carboxylic acids is 2. The third-order valence-electron chi connectivity index (χ3n) is 11.8. The molecule has 1 aliphatic rings. The van der Waals surface area contributed by atoms with Gasteiger partial charge in [-0.05, 0) is 119 Å². The van der Waals surface area contributed by atoms with Crippen molar-refractivity contribution < 1.29 is 19.1 Å². The van der Waals surface area contributed by atoms with Crippen LogP contribution in [-0.2, 0) is 22.7 Å². The number of hydrogen-bond donors (Lipinski definition) is 1. The number of nitrogens with one attached hydrogen (secondary N) is 1. The lowest BCUT2D eigenvalue weighted by molar-refractivity contribution is 0.0464. The number of ether oxygens (including phenoxy) is 2. The molecule has 0 bridgehead atoms.